The number of fused-ring (bicyclic) bond motifs is 1. The molecule has 0 aliphatic heterocycles. The first-order valence-electron chi connectivity index (χ1n) is 8.93. The molecular formula is C21H17N7O2. The molecule has 9 nitrogen and oxygen atoms in total. The summed E-state index contributed by atoms with van der Waals surface area (Å²) >= 11 is 0. The van der Waals surface area contributed by atoms with Crippen LogP contribution in [-0.2, 0) is 0 Å². The zero-order valence-corrected chi connectivity index (χ0v) is 16.3. The van der Waals surface area contributed by atoms with E-state index < -0.39 is 0 Å². The summed E-state index contributed by atoms with van der Waals surface area (Å²) in [6, 6.07) is 10.5. The number of aromatic nitrogens is 4. The van der Waals surface area contributed by atoms with Gasteiger partial charge in [0, 0.05) is 42.3 Å². The van der Waals surface area contributed by atoms with Crippen molar-refractivity contribution in [3.05, 3.63) is 66.2 Å². The van der Waals surface area contributed by atoms with E-state index >= 15 is 0 Å². The van der Waals surface area contributed by atoms with Crippen molar-refractivity contribution in [2.75, 3.05) is 24.8 Å². The van der Waals surface area contributed by atoms with Crippen LogP contribution in [0.2, 0.25) is 0 Å². The van der Waals surface area contributed by atoms with Crippen LogP contribution in [0.3, 0.4) is 0 Å². The molecule has 0 aliphatic rings. The highest BCUT2D eigenvalue weighted by Crippen LogP contribution is 2.30. The fraction of sp³-hybridized carbons (Fsp3) is 0.0952. The number of carbonyl (C=O) groups excluding carboxylic acids is 1. The van der Waals surface area contributed by atoms with E-state index in [2.05, 4.69) is 15.1 Å². The van der Waals surface area contributed by atoms with Crippen LogP contribution in [-0.4, -0.2) is 39.6 Å². The number of amides is 1. The Labute approximate surface area is 172 Å². The topological polar surface area (TPSA) is 122 Å². The summed E-state index contributed by atoms with van der Waals surface area (Å²) in [7, 11) is 3.16. The lowest BCUT2D eigenvalue weighted by molar-refractivity contribution is 0.0992. The molecule has 0 unspecified atom stereocenters. The van der Waals surface area contributed by atoms with Crippen molar-refractivity contribution < 1.29 is 9.53 Å². The molecule has 0 fully saturated rings. The third-order valence-electron chi connectivity index (χ3n) is 4.71. The SMILES string of the molecule is COc1cc(-c2cnn3ccc(C(=O)N(C)c4ccc(C#N)cn4)cc23)cnc1N. The fourth-order valence-electron chi connectivity index (χ4n) is 3.05. The zero-order chi connectivity index (χ0) is 21.3. The van der Waals surface area contributed by atoms with Gasteiger partial charge in [0.05, 0.1) is 24.4 Å². The molecule has 4 aromatic rings. The van der Waals surface area contributed by atoms with Gasteiger partial charge in [0.15, 0.2) is 11.6 Å². The molecule has 0 aliphatic carbocycles. The highest BCUT2D eigenvalue weighted by Gasteiger charge is 2.17. The van der Waals surface area contributed by atoms with Crippen molar-refractivity contribution >= 4 is 23.1 Å². The van der Waals surface area contributed by atoms with E-state index in [1.165, 1.54) is 18.2 Å². The minimum atomic E-state index is -0.241. The van der Waals surface area contributed by atoms with Gasteiger partial charge in [-0.15, -0.1) is 0 Å². The second kappa shape index (κ2) is 7.52. The van der Waals surface area contributed by atoms with Crippen molar-refractivity contribution in [3.63, 3.8) is 0 Å². The van der Waals surface area contributed by atoms with E-state index in [1.54, 1.807) is 60.5 Å². The number of anilines is 2. The molecule has 0 atom stereocenters. The molecule has 4 rings (SSSR count). The Morgan fingerprint density at radius 3 is 2.73 bits per heavy atom. The number of methoxy groups -OCH3 is 1. The summed E-state index contributed by atoms with van der Waals surface area (Å²) in [6.45, 7) is 0. The van der Waals surface area contributed by atoms with E-state index in [-0.39, 0.29) is 5.91 Å². The van der Waals surface area contributed by atoms with Crippen LogP contribution in [0.1, 0.15) is 15.9 Å². The van der Waals surface area contributed by atoms with Crippen molar-refractivity contribution in [2.45, 2.75) is 0 Å². The molecule has 2 N–H and O–H groups in total. The van der Waals surface area contributed by atoms with Crippen LogP contribution in [0.15, 0.2) is 55.1 Å². The molecular weight excluding hydrogens is 382 g/mol. The van der Waals surface area contributed by atoms with Crippen LogP contribution < -0.4 is 15.4 Å². The third kappa shape index (κ3) is 3.27. The number of hydrogen-bond acceptors (Lipinski definition) is 7. The molecule has 0 saturated heterocycles. The molecule has 1 amide bonds. The molecule has 0 aromatic carbocycles. The number of hydrogen-bond donors (Lipinski definition) is 1. The zero-order valence-electron chi connectivity index (χ0n) is 16.3. The number of carbonyl (C=O) groups is 1. The van der Waals surface area contributed by atoms with E-state index in [4.69, 9.17) is 15.7 Å². The van der Waals surface area contributed by atoms with Crippen molar-refractivity contribution in [3.8, 4) is 22.9 Å². The van der Waals surface area contributed by atoms with Crippen molar-refractivity contribution in [1.29, 1.82) is 5.26 Å². The Kier molecular flexibility index (Phi) is 4.74. The average molecular weight is 399 g/mol. The van der Waals surface area contributed by atoms with Gasteiger partial charge in [-0.2, -0.15) is 10.4 Å². The summed E-state index contributed by atoms with van der Waals surface area (Å²) in [4.78, 5) is 22.8. The Balaban J connectivity index is 1.71. The van der Waals surface area contributed by atoms with Crippen molar-refractivity contribution in [1.82, 2.24) is 19.6 Å². The van der Waals surface area contributed by atoms with Crippen LogP contribution in [0.5, 0.6) is 5.75 Å². The molecule has 30 heavy (non-hydrogen) atoms. The smallest absolute Gasteiger partial charge is 0.259 e. The molecule has 0 radical (unpaired) electrons. The van der Waals surface area contributed by atoms with Gasteiger partial charge in [0.2, 0.25) is 0 Å². The van der Waals surface area contributed by atoms with Gasteiger partial charge in [0.25, 0.3) is 5.91 Å². The Morgan fingerprint density at radius 2 is 2.03 bits per heavy atom. The highest BCUT2D eigenvalue weighted by molar-refractivity contribution is 6.06. The number of nitrogens with zero attached hydrogens (tertiary/aromatic N) is 6. The average Bonchev–Trinajstić information content (AvgIpc) is 3.21. The van der Waals surface area contributed by atoms with Gasteiger partial charge < -0.3 is 10.5 Å². The summed E-state index contributed by atoms with van der Waals surface area (Å²) in [5, 5.41) is 13.2. The molecule has 0 bridgehead atoms. The molecule has 0 saturated carbocycles. The highest BCUT2D eigenvalue weighted by atomic mass is 16.5. The van der Waals surface area contributed by atoms with Gasteiger partial charge in [-0.1, -0.05) is 0 Å². The normalized spacial score (nSPS) is 10.6. The monoisotopic (exact) mass is 399 g/mol. The number of pyridine rings is 3. The van der Waals surface area contributed by atoms with Crippen LogP contribution >= 0.6 is 0 Å². The Morgan fingerprint density at radius 1 is 1.20 bits per heavy atom. The van der Waals surface area contributed by atoms with Gasteiger partial charge in [-0.25, -0.2) is 14.5 Å². The lowest BCUT2D eigenvalue weighted by Crippen LogP contribution is -2.27. The molecule has 0 spiro atoms. The van der Waals surface area contributed by atoms with Crippen molar-refractivity contribution in [2.24, 2.45) is 0 Å². The summed E-state index contributed by atoms with van der Waals surface area (Å²) in [5.41, 5.74) is 8.99. The van der Waals surface area contributed by atoms with Gasteiger partial charge >= 0.3 is 0 Å². The van der Waals surface area contributed by atoms with E-state index in [0.717, 1.165) is 16.6 Å². The Bertz CT molecular complexity index is 1290. The van der Waals surface area contributed by atoms with Crippen LogP contribution in [0.4, 0.5) is 11.6 Å². The first-order chi connectivity index (χ1) is 14.5. The predicted molar refractivity (Wildman–Crippen MR) is 111 cm³/mol. The maximum Gasteiger partial charge on any atom is 0.259 e. The first kappa shape index (κ1) is 18.9. The van der Waals surface area contributed by atoms with Gasteiger partial charge in [0.1, 0.15) is 11.9 Å². The van der Waals surface area contributed by atoms with E-state index in [0.29, 0.717) is 28.5 Å². The summed E-state index contributed by atoms with van der Waals surface area (Å²) in [5.74, 6) is 0.964. The summed E-state index contributed by atoms with van der Waals surface area (Å²) in [6.07, 6.45) is 6.48. The van der Waals surface area contributed by atoms with Gasteiger partial charge in [-0.3, -0.25) is 9.69 Å². The first-order valence-corrected chi connectivity index (χ1v) is 8.93. The second-order valence-electron chi connectivity index (χ2n) is 6.50. The molecule has 9 heteroatoms. The molecule has 148 valence electrons. The lowest BCUT2D eigenvalue weighted by atomic mass is 10.1. The second-order valence-corrected chi connectivity index (χ2v) is 6.50. The lowest BCUT2D eigenvalue weighted by Gasteiger charge is -2.16. The number of rotatable bonds is 4. The largest absolute Gasteiger partial charge is 0.493 e. The molecule has 4 aromatic heterocycles. The maximum atomic E-state index is 13.0. The fourth-order valence-corrected chi connectivity index (χ4v) is 3.05. The maximum absolute atomic E-state index is 13.0. The standard InChI is InChI=1S/C21H17N7O2/c1-27(19-4-3-13(9-22)10-24-19)21(29)14-5-6-28-17(7-14)16(12-26-28)15-8-18(30-2)20(23)25-11-15/h3-8,10-12H,1-2H3,(H2,23,25). The number of ether oxygens (including phenoxy) is 1. The van der Waals surface area contributed by atoms with E-state index in [9.17, 15) is 4.79 Å². The molecule has 4 heterocycles. The van der Waals surface area contributed by atoms with E-state index in [1.807, 2.05) is 6.07 Å². The minimum Gasteiger partial charge on any atom is -0.493 e. The van der Waals surface area contributed by atoms with Crippen LogP contribution in [0.25, 0.3) is 16.6 Å². The number of nitriles is 1. The van der Waals surface area contributed by atoms with Crippen LogP contribution in [0, 0.1) is 11.3 Å². The predicted octanol–water partition coefficient (Wildman–Crippen LogP) is 2.53. The quantitative estimate of drug-likeness (QED) is 0.559. The minimum absolute atomic E-state index is 0.241. The third-order valence-corrected chi connectivity index (χ3v) is 4.71. The Hall–Kier alpha value is -4.45. The van der Waals surface area contributed by atoms with Gasteiger partial charge in [-0.05, 0) is 30.3 Å². The number of nitrogen functional groups attached to an aromatic ring is 1. The summed E-state index contributed by atoms with van der Waals surface area (Å²) < 4.78 is 6.93. The number of nitrogens with two attached hydrogens (primary N) is 1.